The zero-order valence-corrected chi connectivity index (χ0v) is 14.0. The van der Waals surface area contributed by atoms with Crippen molar-refractivity contribution in [2.24, 2.45) is 7.05 Å². The molecule has 3 rings (SSSR count). The minimum Gasteiger partial charge on any atom is -0.396 e. The summed E-state index contributed by atoms with van der Waals surface area (Å²) in [5.41, 5.74) is 0.406. The zero-order chi connectivity index (χ0) is 18.3. The molecule has 2 aromatic heterocycles. The molecule has 0 bridgehead atoms. The van der Waals surface area contributed by atoms with E-state index >= 15 is 0 Å². The molecule has 0 saturated heterocycles. The molecule has 0 amide bonds. The van der Waals surface area contributed by atoms with Crippen molar-refractivity contribution in [3.05, 3.63) is 66.5 Å². The molecule has 2 aromatic rings. The minimum absolute atomic E-state index is 0.00486. The van der Waals surface area contributed by atoms with Crippen LogP contribution in [0.1, 0.15) is 56.1 Å². The van der Waals surface area contributed by atoms with E-state index in [9.17, 15) is 19.2 Å². The molecular weight excluding hydrogens is 324 g/mol. The first kappa shape index (κ1) is 17.0. The highest BCUT2D eigenvalue weighted by molar-refractivity contribution is 6.28. The van der Waals surface area contributed by atoms with Crippen molar-refractivity contribution in [1.29, 1.82) is 0 Å². The number of fused-ring (bicyclic) bond motifs is 2. The second-order valence-corrected chi connectivity index (χ2v) is 6.20. The summed E-state index contributed by atoms with van der Waals surface area (Å²) < 4.78 is 1.15. The third-order valence-corrected chi connectivity index (χ3v) is 4.51. The summed E-state index contributed by atoms with van der Waals surface area (Å²) in [5, 5.41) is 8.95. The standard InChI is InChI=1S/C18H18N2O5/c1-9-7-11(22)19-15-13(9)17(24)14-10(5-3-4-6-21)8-12(23)20(2)16(14)18(15)25/h7-8,21H,3-6H2,1-2H3,(H,19,22). The van der Waals surface area contributed by atoms with Crippen LogP contribution in [0.3, 0.4) is 0 Å². The Morgan fingerprint density at radius 1 is 1.04 bits per heavy atom. The number of rotatable bonds is 4. The van der Waals surface area contributed by atoms with Crippen LogP contribution in [-0.2, 0) is 13.5 Å². The van der Waals surface area contributed by atoms with E-state index in [1.807, 2.05) is 0 Å². The van der Waals surface area contributed by atoms with Crippen molar-refractivity contribution in [2.45, 2.75) is 26.2 Å². The molecule has 2 heterocycles. The Labute approximate surface area is 142 Å². The maximum absolute atomic E-state index is 13.1. The number of aromatic amines is 1. The van der Waals surface area contributed by atoms with E-state index in [2.05, 4.69) is 4.98 Å². The van der Waals surface area contributed by atoms with Gasteiger partial charge in [-0.3, -0.25) is 19.2 Å². The third-order valence-electron chi connectivity index (χ3n) is 4.51. The van der Waals surface area contributed by atoms with Gasteiger partial charge in [0.2, 0.25) is 11.3 Å². The molecule has 0 aliphatic heterocycles. The lowest BCUT2D eigenvalue weighted by Crippen LogP contribution is -2.35. The molecule has 7 nitrogen and oxygen atoms in total. The molecular formula is C18H18N2O5. The molecule has 0 radical (unpaired) electrons. The van der Waals surface area contributed by atoms with Crippen molar-refractivity contribution >= 4 is 11.6 Å². The Kier molecular flexibility index (Phi) is 4.26. The SMILES string of the molecule is Cc1cc(=O)[nH]c2c1C(=O)c1c(CCCCO)cc(=O)n(C)c1C2=O. The first-order chi connectivity index (χ1) is 11.9. The highest BCUT2D eigenvalue weighted by atomic mass is 16.3. The fourth-order valence-electron chi connectivity index (χ4n) is 3.29. The van der Waals surface area contributed by atoms with E-state index in [-0.39, 0.29) is 34.9 Å². The van der Waals surface area contributed by atoms with Crippen molar-refractivity contribution in [2.75, 3.05) is 6.61 Å². The van der Waals surface area contributed by atoms with Gasteiger partial charge in [0.15, 0.2) is 5.78 Å². The predicted octanol–water partition coefficient (Wildman–Crippen LogP) is 0.472. The van der Waals surface area contributed by atoms with Gasteiger partial charge in [-0.15, -0.1) is 0 Å². The number of aliphatic hydroxyl groups excluding tert-OH is 1. The Bertz CT molecular complexity index is 1010. The van der Waals surface area contributed by atoms with E-state index < -0.39 is 16.9 Å². The second kappa shape index (κ2) is 6.25. The normalized spacial score (nSPS) is 12.9. The molecule has 0 saturated carbocycles. The lowest BCUT2D eigenvalue weighted by molar-refractivity contribution is 0.0966. The summed E-state index contributed by atoms with van der Waals surface area (Å²) in [4.78, 5) is 52.3. The average molecular weight is 342 g/mol. The number of carbonyl (C=O) groups excluding carboxylic acids is 2. The third kappa shape index (κ3) is 2.66. The van der Waals surface area contributed by atoms with Gasteiger partial charge in [-0.25, -0.2) is 0 Å². The van der Waals surface area contributed by atoms with Gasteiger partial charge in [0.25, 0.3) is 5.56 Å². The number of unbranched alkanes of at least 4 members (excludes halogenated alkanes) is 1. The van der Waals surface area contributed by atoms with Crippen LogP contribution in [0.5, 0.6) is 0 Å². The number of H-pyrrole nitrogens is 1. The summed E-state index contributed by atoms with van der Waals surface area (Å²) >= 11 is 0. The van der Waals surface area contributed by atoms with Crippen LogP contribution in [0, 0.1) is 6.92 Å². The number of pyridine rings is 2. The molecule has 1 aliphatic rings. The van der Waals surface area contributed by atoms with Gasteiger partial charge < -0.3 is 14.7 Å². The highest BCUT2D eigenvalue weighted by Gasteiger charge is 2.35. The molecule has 1 aliphatic carbocycles. The Hall–Kier alpha value is -2.80. The van der Waals surface area contributed by atoms with Crippen LogP contribution in [-0.4, -0.2) is 32.8 Å². The topological polar surface area (TPSA) is 109 Å². The highest BCUT2D eigenvalue weighted by Crippen LogP contribution is 2.29. The average Bonchev–Trinajstić information content (AvgIpc) is 2.55. The number of nitrogens with one attached hydrogen (secondary N) is 1. The first-order valence-electron chi connectivity index (χ1n) is 8.04. The Morgan fingerprint density at radius 3 is 2.44 bits per heavy atom. The van der Waals surface area contributed by atoms with Gasteiger partial charge in [0.1, 0.15) is 11.4 Å². The second-order valence-electron chi connectivity index (χ2n) is 6.20. The largest absolute Gasteiger partial charge is 0.396 e. The molecule has 0 fully saturated rings. The molecule has 2 N–H and O–H groups in total. The van der Waals surface area contributed by atoms with Crippen LogP contribution in [0.4, 0.5) is 0 Å². The van der Waals surface area contributed by atoms with Crippen LogP contribution in [0.25, 0.3) is 0 Å². The van der Waals surface area contributed by atoms with Gasteiger partial charge in [-0.05, 0) is 37.3 Å². The van der Waals surface area contributed by atoms with Gasteiger partial charge in [-0.1, -0.05) is 0 Å². The van der Waals surface area contributed by atoms with E-state index in [4.69, 9.17) is 5.11 Å². The number of carbonyl (C=O) groups is 2. The Balaban J connectivity index is 2.29. The monoisotopic (exact) mass is 342 g/mol. The first-order valence-corrected chi connectivity index (χ1v) is 8.04. The maximum Gasteiger partial charge on any atom is 0.251 e. The van der Waals surface area contributed by atoms with Crippen molar-refractivity contribution in [1.82, 2.24) is 9.55 Å². The smallest absolute Gasteiger partial charge is 0.251 e. The number of hydrogen-bond donors (Lipinski definition) is 2. The zero-order valence-electron chi connectivity index (χ0n) is 14.0. The molecule has 0 atom stereocenters. The van der Waals surface area contributed by atoms with E-state index in [0.717, 1.165) is 4.57 Å². The summed E-state index contributed by atoms with van der Waals surface area (Å²) in [5.74, 6) is -0.901. The number of hydrogen-bond acceptors (Lipinski definition) is 5. The van der Waals surface area contributed by atoms with Gasteiger partial charge in [-0.2, -0.15) is 0 Å². The number of nitrogens with zero attached hydrogens (tertiary/aromatic N) is 1. The fourth-order valence-corrected chi connectivity index (χ4v) is 3.29. The molecule has 130 valence electrons. The van der Waals surface area contributed by atoms with Crippen LogP contribution in [0.15, 0.2) is 21.7 Å². The van der Waals surface area contributed by atoms with Crippen LogP contribution >= 0.6 is 0 Å². The number of aliphatic hydroxyl groups is 1. The van der Waals surface area contributed by atoms with E-state index in [1.54, 1.807) is 6.92 Å². The molecule has 0 spiro atoms. The summed E-state index contributed by atoms with van der Waals surface area (Å²) in [6, 6.07) is 2.65. The minimum atomic E-state index is -0.533. The quantitative estimate of drug-likeness (QED) is 0.670. The fraction of sp³-hybridized carbons (Fsp3) is 0.333. The number of ketones is 2. The van der Waals surface area contributed by atoms with Crippen molar-refractivity contribution in [3.63, 3.8) is 0 Å². The van der Waals surface area contributed by atoms with Crippen molar-refractivity contribution < 1.29 is 14.7 Å². The Morgan fingerprint density at radius 2 is 1.76 bits per heavy atom. The molecule has 0 unspecified atom stereocenters. The number of aromatic nitrogens is 2. The number of aryl methyl sites for hydroxylation is 2. The van der Waals surface area contributed by atoms with Gasteiger partial charge in [0, 0.05) is 25.8 Å². The van der Waals surface area contributed by atoms with E-state index in [1.165, 1.54) is 19.2 Å². The molecule has 25 heavy (non-hydrogen) atoms. The maximum atomic E-state index is 13.1. The predicted molar refractivity (Wildman–Crippen MR) is 90.4 cm³/mol. The van der Waals surface area contributed by atoms with Crippen LogP contribution < -0.4 is 11.1 Å². The van der Waals surface area contributed by atoms with Gasteiger partial charge in [0.05, 0.1) is 11.1 Å². The van der Waals surface area contributed by atoms with E-state index in [0.29, 0.717) is 30.4 Å². The van der Waals surface area contributed by atoms with Crippen LogP contribution in [0.2, 0.25) is 0 Å². The lowest BCUT2D eigenvalue weighted by Gasteiger charge is -2.23. The molecule has 7 heteroatoms. The lowest BCUT2D eigenvalue weighted by atomic mass is 9.84. The molecule has 0 aromatic carbocycles. The summed E-state index contributed by atoms with van der Waals surface area (Å²) in [7, 11) is 1.43. The summed E-state index contributed by atoms with van der Waals surface area (Å²) in [6.07, 6.45) is 1.54. The van der Waals surface area contributed by atoms with Gasteiger partial charge >= 0.3 is 0 Å². The summed E-state index contributed by atoms with van der Waals surface area (Å²) in [6.45, 7) is 1.63. The van der Waals surface area contributed by atoms with Crippen molar-refractivity contribution in [3.8, 4) is 0 Å².